The molecule has 4 nitrogen and oxygen atoms in total. The number of carbonyl (C=O) groups excluding carboxylic acids is 1. The number of nitrogens with one attached hydrogen (secondary N) is 1. The molecule has 2 aromatic rings. The summed E-state index contributed by atoms with van der Waals surface area (Å²) in [6.07, 6.45) is 1.79. The summed E-state index contributed by atoms with van der Waals surface area (Å²) < 4.78 is 11.9. The van der Waals surface area contributed by atoms with Crippen molar-refractivity contribution in [2.75, 3.05) is 13.2 Å². The van der Waals surface area contributed by atoms with E-state index in [4.69, 9.17) is 21.7 Å². The fraction of sp³-hybridized carbons (Fsp3) is 0.158. The van der Waals surface area contributed by atoms with Gasteiger partial charge in [0, 0.05) is 5.56 Å². The number of thiocarbonyl (C=S) groups is 1. The molecule has 0 spiro atoms. The summed E-state index contributed by atoms with van der Waals surface area (Å²) in [7, 11) is 0. The Bertz CT molecular complexity index is 816. The molecular formula is C19H17NO3S2. The van der Waals surface area contributed by atoms with Gasteiger partial charge in [0.2, 0.25) is 0 Å². The van der Waals surface area contributed by atoms with Crippen LogP contribution in [0, 0.1) is 6.92 Å². The van der Waals surface area contributed by atoms with Gasteiger partial charge in [-0.15, -0.1) is 0 Å². The monoisotopic (exact) mass is 371 g/mol. The molecule has 1 N–H and O–H groups in total. The van der Waals surface area contributed by atoms with E-state index in [2.05, 4.69) is 5.32 Å². The lowest BCUT2D eigenvalue weighted by molar-refractivity contribution is -0.115. The van der Waals surface area contributed by atoms with Crippen LogP contribution < -0.4 is 14.8 Å². The summed E-state index contributed by atoms with van der Waals surface area (Å²) in [6.45, 7) is 2.88. The quantitative estimate of drug-likeness (QED) is 0.473. The number of amides is 1. The third-order valence-electron chi connectivity index (χ3n) is 3.48. The first kappa shape index (κ1) is 17.5. The Morgan fingerprint density at radius 2 is 1.80 bits per heavy atom. The average molecular weight is 371 g/mol. The van der Waals surface area contributed by atoms with Gasteiger partial charge in [0.25, 0.3) is 5.91 Å². The van der Waals surface area contributed by atoms with Crippen LogP contribution in [-0.2, 0) is 4.79 Å². The first-order chi connectivity index (χ1) is 12.1. The van der Waals surface area contributed by atoms with E-state index in [1.54, 1.807) is 6.08 Å². The molecule has 1 saturated heterocycles. The number of rotatable bonds is 6. The number of hydrogen-bond donors (Lipinski definition) is 1. The van der Waals surface area contributed by atoms with E-state index in [-0.39, 0.29) is 5.91 Å². The van der Waals surface area contributed by atoms with Gasteiger partial charge >= 0.3 is 0 Å². The van der Waals surface area contributed by atoms with Crippen LogP contribution in [0.4, 0.5) is 0 Å². The van der Waals surface area contributed by atoms with Crippen molar-refractivity contribution in [3.63, 3.8) is 0 Å². The number of hydrogen-bond acceptors (Lipinski definition) is 5. The minimum absolute atomic E-state index is 0.174. The molecule has 1 fully saturated rings. The molecule has 3 rings (SSSR count). The van der Waals surface area contributed by atoms with Gasteiger partial charge in [0.05, 0.1) is 4.91 Å². The smallest absolute Gasteiger partial charge is 0.263 e. The van der Waals surface area contributed by atoms with E-state index in [0.29, 0.717) is 28.2 Å². The van der Waals surface area contributed by atoms with Crippen LogP contribution >= 0.6 is 24.0 Å². The molecule has 0 saturated carbocycles. The van der Waals surface area contributed by atoms with E-state index in [0.717, 1.165) is 11.3 Å². The first-order valence-corrected chi connectivity index (χ1v) is 9.00. The van der Waals surface area contributed by atoms with Gasteiger partial charge in [0.15, 0.2) is 0 Å². The molecule has 1 heterocycles. The van der Waals surface area contributed by atoms with Crippen molar-refractivity contribution < 1.29 is 14.3 Å². The summed E-state index contributed by atoms with van der Waals surface area (Å²) in [5, 5.41) is 2.61. The van der Waals surface area contributed by atoms with Gasteiger partial charge in [-0.2, -0.15) is 0 Å². The Hall–Kier alpha value is -2.31. The summed E-state index contributed by atoms with van der Waals surface area (Å²) >= 11 is 6.26. The largest absolute Gasteiger partial charge is 0.490 e. The van der Waals surface area contributed by atoms with E-state index >= 15 is 0 Å². The predicted molar refractivity (Wildman–Crippen MR) is 105 cm³/mol. The zero-order chi connectivity index (χ0) is 17.6. The molecule has 0 bridgehead atoms. The van der Waals surface area contributed by atoms with Crippen LogP contribution in [0.25, 0.3) is 6.08 Å². The SMILES string of the molecule is Cc1ccc(OCCOc2ccccc2/C=C2\SC(=S)NC2=O)cc1. The van der Waals surface area contributed by atoms with Crippen LogP contribution in [0.1, 0.15) is 11.1 Å². The predicted octanol–water partition coefficient (Wildman–Crippen LogP) is 3.94. The summed E-state index contributed by atoms with van der Waals surface area (Å²) in [6, 6.07) is 15.5. The van der Waals surface area contributed by atoms with Crippen molar-refractivity contribution >= 4 is 40.3 Å². The molecule has 0 radical (unpaired) electrons. The summed E-state index contributed by atoms with van der Waals surface area (Å²) in [5.74, 6) is 1.35. The van der Waals surface area contributed by atoms with E-state index in [9.17, 15) is 4.79 Å². The maximum Gasteiger partial charge on any atom is 0.263 e. The number of thioether (sulfide) groups is 1. The second-order valence-electron chi connectivity index (χ2n) is 5.40. The molecule has 6 heteroatoms. The lowest BCUT2D eigenvalue weighted by Crippen LogP contribution is -2.17. The van der Waals surface area contributed by atoms with Gasteiger partial charge in [-0.3, -0.25) is 4.79 Å². The van der Waals surface area contributed by atoms with Crippen molar-refractivity contribution in [1.29, 1.82) is 0 Å². The van der Waals surface area contributed by atoms with Gasteiger partial charge < -0.3 is 14.8 Å². The fourth-order valence-electron chi connectivity index (χ4n) is 2.24. The zero-order valence-electron chi connectivity index (χ0n) is 13.7. The number of benzene rings is 2. The second kappa shape index (κ2) is 8.18. The Morgan fingerprint density at radius 1 is 1.08 bits per heavy atom. The molecule has 1 amide bonds. The van der Waals surface area contributed by atoms with E-state index < -0.39 is 0 Å². The molecule has 1 aliphatic rings. The molecule has 0 atom stereocenters. The van der Waals surface area contributed by atoms with Gasteiger partial charge in [-0.25, -0.2) is 0 Å². The van der Waals surface area contributed by atoms with Crippen molar-refractivity contribution in [2.24, 2.45) is 0 Å². The highest BCUT2D eigenvalue weighted by atomic mass is 32.2. The minimum Gasteiger partial charge on any atom is -0.490 e. The molecule has 128 valence electrons. The van der Waals surface area contributed by atoms with Crippen LogP contribution in [0.3, 0.4) is 0 Å². The topological polar surface area (TPSA) is 47.6 Å². The Kier molecular flexibility index (Phi) is 5.73. The summed E-state index contributed by atoms with van der Waals surface area (Å²) in [4.78, 5) is 12.4. The zero-order valence-corrected chi connectivity index (χ0v) is 15.3. The fourth-order valence-corrected chi connectivity index (χ4v) is 3.27. The normalized spacial score (nSPS) is 15.3. The van der Waals surface area contributed by atoms with Crippen LogP contribution in [0.5, 0.6) is 11.5 Å². The van der Waals surface area contributed by atoms with Crippen LogP contribution in [-0.4, -0.2) is 23.4 Å². The molecule has 2 aromatic carbocycles. The first-order valence-electron chi connectivity index (χ1n) is 7.78. The van der Waals surface area contributed by atoms with E-state index in [1.807, 2.05) is 55.5 Å². The Balaban J connectivity index is 1.59. The van der Waals surface area contributed by atoms with Crippen LogP contribution in [0.15, 0.2) is 53.4 Å². The molecule has 1 aliphatic heterocycles. The number of ether oxygens (including phenoxy) is 2. The highest BCUT2D eigenvalue weighted by molar-refractivity contribution is 8.26. The van der Waals surface area contributed by atoms with Gasteiger partial charge in [-0.1, -0.05) is 59.9 Å². The second-order valence-corrected chi connectivity index (χ2v) is 7.12. The van der Waals surface area contributed by atoms with Gasteiger partial charge in [0.1, 0.15) is 29.0 Å². The summed E-state index contributed by atoms with van der Waals surface area (Å²) in [5.41, 5.74) is 2.03. The lowest BCUT2D eigenvalue weighted by Gasteiger charge is -2.11. The third-order valence-corrected chi connectivity index (χ3v) is 4.64. The van der Waals surface area contributed by atoms with E-state index in [1.165, 1.54) is 17.3 Å². The molecular weight excluding hydrogens is 354 g/mol. The van der Waals surface area contributed by atoms with Crippen molar-refractivity contribution in [3.8, 4) is 11.5 Å². The molecule has 0 aliphatic carbocycles. The van der Waals surface area contributed by atoms with Gasteiger partial charge in [-0.05, 0) is 31.2 Å². The standard InChI is InChI=1S/C19H17NO3S2/c1-13-6-8-15(9-7-13)22-10-11-23-16-5-3-2-4-14(16)12-17-18(21)20-19(24)25-17/h2-9,12H,10-11H2,1H3,(H,20,21,24)/b17-12-. The molecule has 0 aromatic heterocycles. The minimum atomic E-state index is -0.174. The number of para-hydroxylation sites is 1. The van der Waals surface area contributed by atoms with Crippen molar-refractivity contribution in [1.82, 2.24) is 5.32 Å². The van der Waals surface area contributed by atoms with Crippen molar-refractivity contribution in [3.05, 3.63) is 64.6 Å². The van der Waals surface area contributed by atoms with Crippen molar-refractivity contribution in [2.45, 2.75) is 6.92 Å². The third kappa shape index (κ3) is 4.84. The number of aryl methyl sites for hydroxylation is 1. The highest BCUT2D eigenvalue weighted by Gasteiger charge is 2.22. The Labute approximate surface area is 156 Å². The molecule has 0 unspecified atom stereocenters. The number of carbonyl (C=O) groups is 1. The average Bonchev–Trinajstić information content (AvgIpc) is 2.92. The lowest BCUT2D eigenvalue weighted by atomic mass is 10.2. The van der Waals surface area contributed by atoms with Crippen LogP contribution in [0.2, 0.25) is 0 Å². The Morgan fingerprint density at radius 3 is 2.52 bits per heavy atom. The molecule has 25 heavy (non-hydrogen) atoms. The highest BCUT2D eigenvalue weighted by Crippen LogP contribution is 2.29. The maximum atomic E-state index is 11.8. The maximum absolute atomic E-state index is 11.8.